The van der Waals surface area contributed by atoms with Gasteiger partial charge < -0.3 is 14.8 Å². The number of nitrogens with one attached hydrogen (secondary N) is 1. The first-order valence-corrected chi connectivity index (χ1v) is 8.77. The molecule has 7 heteroatoms. The molecule has 3 fully saturated rings. The number of fused-ring (bicyclic) bond motifs is 1. The van der Waals surface area contributed by atoms with Crippen LogP contribution < -0.4 is 5.32 Å². The highest BCUT2D eigenvalue weighted by Gasteiger charge is 2.51. The molecule has 2 saturated heterocycles. The summed E-state index contributed by atoms with van der Waals surface area (Å²) in [5.41, 5.74) is -0.0832. The van der Waals surface area contributed by atoms with Crippen LogP contribution in [0.4, 0.5) is 0 Å². The SMILES string of the molecule is Cl.Cl.O=C(N1CCC(n2ccnc2)CC1)[C@@]12CCCC[C@H]1CNC2. The molecule has 3 aliphatic rings. The lowest BCUT2D eigenvalue weighted by molar-refractivity contribution is -0.146. The first-order valence-electron chi connectivity index (χ1n) is 8.77. The number of hydrogen-bond donors (Lipinski definition) is 1. The molecular weight excluding hydrogens is 347 g/mol. The van der Waals surface area contributed by atoms with Gasteiger partial charge in [-0.15, -0.1) is 24.8 Å². The zero-order valence-corrected chi connectivity index (χ0v) is 15.7. The van der Waals surface area contributed by atoms with Gasteiger partial charge in [-0.1, -0.05) is 12.8 Å². The molecule has 1 saturated carbocycles. The molecule has 0 aromatic carbocycles. The summed E-state index contributed by atoms with van der Waals surface area (Å²) in [5, 5.41) is 3.50. The van der Waals surface area contributed by atoms with E-state index in [4.69, 9.17) is 0 Å². The maximum Gasteiger partial charge on any atom is 0.230 e. The molecule has 24 heavy (non-hydrogen) atoms. The fraction of sp³-hybridized carbons (Fsp3) is 0.765. The second-order valence-electron chi connectivity index (χ2n) is 7.26. The molecule has 1 amide bonds. The van der Waals surface area contributed by atoms with E-state index in [1.165, 1.54) is 19.3 Å². The Bertz CT molecular complexity index is 531. The van der Waals surface area contributed by atoms with Crippen molar-refractivity contribution in [1.29, 1.82) is 0 Å². The highest BCUT2D eigenvalue weighted by molar-refractivity contribution is 5.85. The summed E-state index contributed by atoms with van der Waals surface area (Å²) >= 11 is 0. The number of halogens is 2. The highest BCUT2D eigenvalue weighted by atomic mass is 35.5. The summed E-state index contributed by atoms with van der Waals surface area (Å²) in [6.45, 7) is 3.74. The van der Waals surface area contributed by atoms with Crippen LogP contribution in [0.15, 0.2) is 18.7 Å². The molecule has 3 heterocycles. The number of hydrogen-bond acceptors (Lipinski definition) is 3. The quantitative estimate of drug-likeness (QED) is 0.865. The largest absolute Gasteiger partial charge is 0.342 e. The topological polar surface area (TPSA) is 50.2 Å². The summed E-state index contributed by atoms with van der Waals surface area (Å²) in [5.74, 6) is 1.01. The second-order valence-corrected chi connectivity index (χ2v) is 7.26. The average molecular weight is 375 g/mol. The molecule has 5 nitrogen and oxygen atoms in total. The average Bonchev–Trinajstić information content (AvgIpc) is 3.24. The molecule has 4 rings (SSSR count). The molecule has 0 unspecified atom stereocenters. The third-order valence-corrected chi connectivity index (χ3v) is 6.16. The molecular formula is C17H28Cl2N4O. The first-order chi connectivity index (χ1) is 10.8. The fourth-order valence-electron chi connectivity index (χ4n) is 4.84. The summed E-state index contributed by atoms with van der Waals surface area (Å²) < 4.78 is 2.20. The van der Waals surface area contributed by atoms with E-state index < -0.39 is 0 Å². The molecule has 136 valence electrons. The summed E-state index contributed by atoms with van der Waals surface area (Å²) in [4.78, 5) is 19.5. The van der Waals surface area contributed by atoms with Crippen molar-refractivity contribution < 1.29 is 4.79 Å². The minimum atomic E-state index is -0.0832. The van der Waals surface area contributed by atoms with Crippen LogP contribution in [-0.2, 0) is 4.79 Å². The van der Waals surface area contributed by atoms with Gasteiger partial charge in [-0.3, -0.25) is 4.79 Å². The van der Waals surface area contributed by atoms with Gasteiger partial charge in [0, 0.05) is 38.1 Å². The van der Waals surface area contributed by atoms with Gasteiger partial charge in [0.1, 0.15) is 0 Å². The second kappa shape index (κ2) is 8.07. The Kier molecular flexibility index (Phi) is 6.57. The Labute approximate surface area is 156 Å². The molecule has 2 aliphatic heterocycles. The van der Waals surface area contributed by atoms with Crippen LogP contribution in [0.1, 0.15) is 44.6 Å². The molecule has 1 aromatic rings. The number of rotatable bonds is 2. The molecule has 1 aliphatic carbocycles. The van der Waals surface area contributed by atoms with E-state index in [-0.39, 0.29) is 30.2 Å². The van der Waals surface area contributed by atoms with Crippen molar-refractivity contribution in [1.82, 2.24) is 19.8 Å². The lowest BCUT2D eigenvalue weighted by atomic mass is 9.67. The van der Waals surface area contributed by atoms with E-state index in [2.05, 4.69) is 19.8 Å². The number of carbonyl (C=O) groups excluding carboxylic acids is 1. The van der Waals surface area contributed by atoms with E-state index >= 15 is 0 Å². The van der Waals surface area contributed by atoms with Crippen molar-refractivity contribution in [3.63, 3.8) is 0 Å². The molecule has 0 radical (unpaired) electrons. The van der Waals surface area contributed by atoms with Crippen LogP contribution >= 0.6 is 24.8 Å². The lowest BCUT2D eigenvalue weighted by Gasteiger charge is -2.43. The summed E-state index contributed by atoms with van der Waals surface area (Å²) in [7, 11) is 0. The van der Waals surface area contributed by atoms with Crippen molar-refractivity contribution in [3.8, 4) is 0 Å². The standard InChI is InChI=1S/C17H26N4O.2ClH/c22-16(17-6-2-1-3-14(17)11-19-12-17)20-8-4-15(5-9-20)21-10-7-18-13-21;;/h7,10,13-15,19H,1-6,8-9,11-12H2;2*1H/t14-,17+;;/m0../s1. The van der Waals surface area contributed by atoms with Crippen LogP contribution in [0, 0.1) is 11.3 Å². The number of likely N-dealkylation sites (tertiary alicyclic amines) is 1. The Hall–Kier alpha value is -0.780. The first kappa shape index (κ1) is 19.5. The van der Waals surface area contributed by atoms with Gasteiger partial charge in [0.05, 0.1) is 11.7 Å². The maximum atomic E-state index is 13.2. The maximum absolute atomic E-state index is 13.2. The van der Waals surface area contributed by atoms with Crippen molar-refractivity contribution in [2.75, 3.05) is 26.2 Å². The Morgan fingerprint density at radius 1 is 1.17 bits per heavy atom. The van der Waals surface area contributed by atoms with Gasteiger partial charge in [-0.25, -0.2) is 4.98 Å². The van der Waals surface area contributed by atoms with Gasteiger partial charge in [-0.2, -0.15) is 0 Å². The van der Waals surface area contributed by atoms with E-state index in [1.54, 1.807) is 0 Å². The fourth-order valence-corrected chi connectivity index (χ4v) is 4.84. The van der Waals surface area contributed by atoms with Crippen molar-refractivity contribution >= 4 is 30.7 Å². The van der Waals surface area contributed by atoms with Gasteiger partial charge in [-0.05, 0) is 38.1 Å². The third kappa shape index (κ3) is 3.31. The molecule has 0 spiro atoms. The smallest absolute Gasteiger partial charge is 0.230 e. The van der Waals surface area contributed by atoms with Gasteiger partial charge in [0.25, 0.3) is 0 Å². The van der Waals surface area contributed by atoms with Crippen LogP contribution in [0.3, 0.4) is 0 Å². The van der Waals surface area contributed by atoms with Gasteiger partial charge >= 0.3 is 0 Å². The van der Waals surface area contributed by atoms with Crippen LogP contribution in [0.5, 0.6) is 0 Å². The van der Waals surface area contributed by atoms with Gasteiger partial charge in [0.15, 0.2) is 0 Å². The van der Waals surface area contributed by atoms with E-state index in [1.807, 2.05) is 18.7 Å². The van der Waals surface area contributed by atoms with Crippen molar-refractivity contribution in [3.05, 3.63) is 18.7 Å². The number of piperidine rings is 1. The lowest BCUT2D eigenvalue weighted by Crippen LogP contribution is -2.51. The summed E-state index contributed by atoms with van der Waals surface area (Å²) in [6, 6.07) is 0.507. The molecule has 1 N–H and O–H groups in total. The number of aromatic nitrogens is 2. The van der Waals surface area contributed by atoms with E-state index in [0.717, 1.165) is 45.4 Å². The molecule has 0 bridgehead atoms. The Morgan fingerprint density at radius 2 is 1.96 bits per heavy atom. The number of amides is 1. The molecule has 1 aromatic heterocycles. The third-order valence-electron chi connectivity index (χ3n) is 6.16. The highest BCUT2D eigenvalue weighted by Crippen LogP contribution is 2.45. The monoisotopic (exact) mass is 374 g/mol. The number of nitrogens with zero attached hydrogens (tertiary/aromatic N) is 3. The van der Waals surface area contributed by atoms with E-state index in [0.29, 0.717) is 17.9 Å². The minimum absolute atomic E-state index is 0. The van der Waals surface area contributed by atoms with Crippen molar-refractivity contribution in [2.24, 2.45) is 11.3 Å². The zero-order valence-electron chi connectivity index (χ0n) is 14.0. The molecule has 2 atom stereocenters. The van der Waals surface area contributed by atoms with Gasteiger partial charge in [0.2, 0.25) is 5.91 Å². The summed E-state index contributed by atoms with van der Waals surface area (Å²) in [6.07, 6.45) is 12.7. The van der Waals surface area contributed by atoms with Crippen LogP contribution in [0.25, 0.3) is 0 Å². The number of imidazole rings is 1. The number of carbonyl (C=O) groups is 1. The van der Waals surface area contributed by atoms with Crippen molar-refractivity contribution in [2.45, 2.75) is 44.6 Å². The van der Waals surface area contributed by atoms with Crippen LogP contribution in [0.2, 0.25) is 0 Å². The predicted molar refractivity (Wildman–Crippen MR) is 98.8 cm³/mol. The van der Waals surface area contributed by atoms with Crippen LogP contribution in [-0.4, -0.2) is 46.5 Å². The van der Waals surface area contributed by atoms with E-state index in [9.17, 15) is 4.79 Å². The Balaban J connectivity index is 0.00000104. The normalized spacial score (nSPS) is 30.2. The minimum Gasteiger partial charge on any atom is -0.342 e. The zero-order chi connectivity index (χ0) is 15.0. The Morgan fingerprint density at radius 3 is 2.67 bits per heavy atom. The predicted octanol–water partition coefficient (Wildman–Crippen LogP) is 2.67.